The highest BCUT2D eigenvalue weighted by molar-refractivity contribution is 5.85. The molecule has 0 amide bonds. The van der Waals surface area contributed by atoms with Crippen LogP contribution >= 0.6 is 24.8 Å². The van der Waals surface area contributed by atoms with E-state index in [1.165, 1.54) is 51.6 Å². The van der Waals surface area contributed by atoms with Crippen LogP contribution in [0.2, 0.25) is 0 Å². The molecule has 0 spiro atoms. The lowest BCUT2D eigenvalue weighted by atomic mass is 9.78. The van der Waals surface area contributed by atoms with E-state index in [-0.39, 0.29) is 35.9 Å². The number of hydrogen-bond donors (Lipinski definition) is 2. The van der Waals surface area contributed by atoms with Gasteiger partial charge in [0.2, 0.25) is 0 Å². The zero-order valence-corrected chi connectivity index (χ0v) is 22.3. The third-order valence-corrected chi connectivity index (χ3v) is 5.65. The van der Waals surface area contributed by atoms with Gasteiger partial charge in [-0.2, -0.15) is 0 Å². The van der Waals surface area contributed by atoms with Gasteiger partial charge in [0.05, 0.1) is 0 Å². The molecule has 1 aliphatic rings. The summed E-state index contributed by atoms with van der Waals surface area (Å²) >= 11 is 0. The van der Waals surface area contributed by atoms with Crippen molar-refractivity contribution >= 4 is 24.8 Å². The molecule has 0 heterocycles. The Morgan fingerprint density at radius 1 is 0.536 bits per heavy atom. The third kappa shape index (κ3) is 14.5. The highest BCUT2D eigenvalue weighted by Crippen LogP contribution is 2.32. The molecule has 172 valence electrons. The van der Waals surface area contributed by atoms with E-state index in [1.54, 1.807) is 0 Å². The van der Waals surface area contributed by atoms with Crippen LogP contribution in [0.15, 0.2) is 0 Å². The summed E-state index contributed by atoms with van der Waals surface area (Å²) in [6.07, 6.45) is 8.02. The molecule has 0 aliphatic heterocycles. The first-order valence-corrected chi connectivity index (χ1v) is 11.1. The second-order valence-corrected chi connectivity index (χ2v) is 12.9. The first-order valence-electron chi connectivity index (χ1n) is 11.1. The first kappa shape index (κ1) is 30.7. The predicted molar refractivity (Wildman–Crippen MR) is 132 cm³/mol. The first-order chi connectivity index (χ1) is 11.6. The molecule has 0 aromatic rings. The van der Waals surface area contributed by atoms with Gasteiger partial charge in [-0.15, -0.1) is 24.8 Å². The molecule has 0 atom stereocenters. The van der Waals surface area contributed by atoms with Gasteiger partial charge in [0.1, 0.15) is 0 Å². The second-order valence-electron chi connectivity index (χ2n) is 12.9. The standard InChI is InChI=1S/C24H50N2.2ClH/c1-21(2,3)17-23(7,8)25-15-19-11-13-20(14-12-19)16-26-24(9,10)18-22(4,5)6;;/h19-20,25-26H,11-18H2,1-10H3;2*1H. The van der Waals surface area contributed by atoms with Crippen LogP contribution in [0.5, 0.6) is 0 Å². The molecule has 4 heteroatoms. The summed E-state index contributed by atoms with van der Waals surface area (Å²) in [5.41, 5.74) is 1.26. The molecule has 2 nitrogen and oxygen atoms in total. The van der Waals surface area contributed by atoms with Crippen LogP contribution in [0.3, 0.4) is 0 Å². The Hall–Kier alpha value is 0.500. The highest BCUT2D eigenvalue weighted by atomic mass is 35.5. The van der Waals surface area contributed by atoms with Crippen molar-refractivity contribution in [2.75, 3.05) is 13.1 Å². The van der Waals surface area contributed by atoms with Crippen LogP contribution in [0.4, 0.5) is 0 Å². The van der Waals surface area contributed by atoms with Crippen LogP contribution < -0.4 is 10.6 Å². The van der Waals surface area contributed by atoms with Gasteiger partial charge in [-0.05, 0) is 102 Å². The van der Waals surface area contributed by atoms with Gasteiger partial charge in [0, 0.05) is 11.1 Å². The van der Waals surface area contributed by atoms with E-state index in [9.17, 15) is 0 Å². The largest absolute Gasteiger partial charge is 0.311 e. The Morgan fingerprint density at radius 2 is 0.786 bits per heavy atom. The van der Waals surface area contributed by atoms with Gasteiger partial charge in [-0.25, -0.2) is 0 Å². The molecule has 0 saturated heterocycles. The maximum atomic E-state index is 3.87. The molecule has 2 N–H and O–H groups in total. The maximum absolute atomic E-state index is 3.87. The van der Waals surface area contributed by atoms with Crippen LogP contribution in [0.25, 0.3) is 0 Å². The Balaban J connectivity index is 0. The second kappa shape index (κ2) is 11.8. The molecule has 0 aromatic heterocycles. The molecule has 28 heavy (non-hydrogen) atoms. The maximum Gasteiger partial charge on any atom is 0.0130 e. The van der Waals surface area contributed by atoms with Crippen molar-refractivity contribution in [1.29, 1.82) is 0 Å². The summed E-state index contributed by atoms with van der Waals surface area (Å²) in [4.78, 5) is 0. The number of rotatable bonds is 8. The molecular formula is C24H52Cl2N2. The van der Waals surface area contributed by atoms with E-state index in [0.29, 0.717) is 10.8 Å². The molecule has 0 unspecified atom stereocenters. The minimum absolute atomic E-state index is 0. The van der Waals surface area contributed by atoms with Crippen LogP contribution in [-0.2, 0) is 0 Å². The zero-order valence-electron chi connectivity index (χ0n) is 20.6. The molecule has 0 bridgehead atoms. The van der Waals surface area contributed by atoms with E-state index < -0.39 is 0 Å². The summed E-state index contributed by atoms with van der Waals surface area (Å²) in [5, 5.41) is 7.73. The van der Waals surface area contributed by atoms with Crippen molar-refractivity contribution in [2.45, 2.75) is 119 Å². The van der Waals surface area contributed by atoms with Crippen molar-refractivity contribution in [3.8, 4) is 0 Å². The van der Waals surface area contributed by atoms with E-state index in [2.05, 4.69) is 79.9 Å². The van der Waals surface area contributed by atoms with E-state index in [4.69, 9.17) is 0 Å². The smallest absolute Gasteiger partial charge is 0.0130 e. The van der Waals surface area contributed by atoms with Crippen molar-refractivity contribution in [2.24, 2.45) is 22.7 Å². The van der Waals surface area contributed by atoms with Crippen molar-refractivity contribution in [3.05, 3.63) is 0 Å². The molecule has 1 saturated carbocycles. The van der Waals surface area contributed by atoms with Crippen LogP contribution in [0, 0.1) is 22.7 Å². The Kier molecular flexibility index (Phi) is 12.9. The lowest BCUT2D eigenvalue weighted by Gasteiger charge is -2.38. The fourth-order valence-electron chi connectivity index (χ4n) is 5.26. The van der Waals surface area contributed by atoms with Crippen LogP contribution in [-0.4, -0.2) is 24.2 Å². The van der Waals surface area contributed by atoms with Crippen molar-refractivity contribution in [3.63, 3.8) is 0 Å². The Morgan fingerprint density at radius 3 is 1.00 bits per heavy atom. The third-order valence-electron chi connectivity index (χ3n) is 5.65. The average Bonchev–Trinajstić information content (AvgIpc) is 2.39. The van der Waals surface area contributed by atoms with E-state index in [0.717, 1.165) is 11.8 Å². The van der Waals surface area contributed by atoms with Crippen molar-refractivity contribution < 1.29 is 0 Å². The molecule has 1 fully saturated rings. The van der Waals surface area contributed by atoms with Gasteiger partial charge >= 0.3 is 0 Å². The predicted octanol–water partition coefficient (Wildman–Crippen LogP) is 7.25. The Labute approximate surface area is 190 Å². The van der Waals surface area contributed by atoms with Crippen LogP contribution in [0.1, 0.15) is 108 Å². The fraction of sp³-hybridized carbons (Fsp3) is 1.00. The van der Waals surface area contributed by atoms with Crippen molar-refractivity contribution in [1.82, 2.24) is 10.6 Å². The summed E-state index contributed by atoms with van der Waals surface area (Å²) in [5.74, 6) is 1.74. The lowest BCUT2D eigenvalue weighted by Crippen LogP contribution is -2.46. The molecule has 1 aliphatic carbocycles. The number of halogens is 2. The minimum Gasteiger partial charge on any atom is -0.311 e. The van der Waals surface area contributed by atoms with Gasteiger partial charge < -0.3 is 10.6 Å². The van der Waals surface area contributed by atoms with Gasteiger partial charge in [-0.1, -0.05) is 41.5 Å². The number of nitrogens with one attached hydrogen (secondary N) is 2. The number of hydrogen-bond acceptors (Lipinski definition) is 2. The Bertz CT molecular complexity index is 371. The summed E-state index contributed by atoms with van der Waals surface area (Å²) in [6, 6.07) is 0. The van der Waals surface area contributed by atoms with Gasteiger partial charge in [-0.3, -0.25) is 0 Å². The van der Waals surface area contributed by atoms with Gasteiger partial charge in [0.15, 0.2) is 0 Å². The molecule has 0 radical (unpaired) electrons. The van der Waals surface area contributed by atoms with Gasteiger partial charge in [0.25, 0.3) is 0 Å². The fourth-order valence-corrected chi connectivity index (χ4v) is 5.26. The summed E-state index contributed by atoms with van der Waals surface area (Å²) in [6.45, 7) is 25.9. The van der Waals surface area contributed by atoms with E-state index in [1.807, 2.05) is 0 Å². The summed E-state index contributed by atoms with van der Waals surface area (Å²) in [7, 11) is 0. The monoisotopic (exact) mass is 438 g/mol. The lowest BCUT2D eigenvalue weighted by molar-refractivity contribution is 0.191. The zero-order chi connectivity index (χ0) is 20.2. The molecule has 1 rings (SSSR count). The normalized spacial score (nSPS) is 21.6. The molecule has 0 aromatic carbocycles. The topological polar surface area (TPSA) is 24.1 Å². The average molecular weight is 440 g/mol. The highest BCUT2D eigenvalue weighted by Gasteiger charge is 2.29. The molecular weight excluding hydrogens is 387 g/mol. The van der Waals surface area contributed by atoms with E-state index >= 15 is 0 Å². The minimum atomic E-state index is 0. The summed E-state index contributed by atoms with van der Waals surface area (Å²) < 4.78 is 0. The quantitative estimate of drug-likeness (QED) is 0.416. The SMILES string of the molecule is CC(C)(C)CC(C)(C)NCC1CCC(CNC(C)(C)CC(C)(C)C)CC1.Cl.Cl.